The molecule has 0 radical (unpaired) electrons. The minimum atomic E-state index is -0.453. The van der Waals surface area contributed by atoms with Crippen molar-refractivity contribution in [2.24, 2.45) is 5.92 Å². The van der Waals surface area contributed by atoms with Crippen LogP contribution in [-0.4, -0.2) is 47.1 Å². The number of hydrogen-bond acceptors (Lipinski definition) is 5. The highest BCUT2D eigenvalue weighted by Gasteiger charge is 2.43. The molecule has 1 saturated heterocycles. The molecule has 0 aromatic heterocycles. The molecule has 0 bridgehead atoms. The van der Waals surface area contributed by atoms with Crippen LogP contribution in [0.25, 0.3) is 6.08 Å². The Morgan fingerprint density at radius 1 is 1.03 bits per heavy atom. The third kappa shape index (κ3) is 6.61. The third-order valence-electron chi connectivity index (χ3n) is 7.02. The van der Waals surface area contributed by atoms with E-state index in [1.807, 2.05) is 50.2 Å². The van der Waals surface area contributed by atoms with E-state index in [1.165, 1.54) is 6.08 Å². The van der Waals surface area contributed by atoms with Gasteiger partial charge in [0.25, 0.3) is 0 Å². The van der Waals surface area contributed by atoms with Gasteiger partial charge in [0.15, 0.2) is 0 Å². The average molecular weight is 533 g/mol. The summed E-state index contributed by atoms with van der Waals surface area (Å²) in [5.74, 6) is -0.714. The third-order valence-corrected chi connectivity index (χ3v) is 7.27. The number of nitrogen functional groups attached to an aromatic ring is 1. The zero-order valence-electron chi connectivity index (χ0n) is 21.5. The van der Waals surface area contributed by atoms with E-state index in [4.69, 9.17) is 17.3 Å². The molecule has 8 heteroatoms. The van der Waals surface area contributed by atoms with Crippen molar-refractivity contribution in [3.05, 3.63) is 95.0 Å². The Hall–Kier alpha value is -3.65. The quantitative estimate of drug-likeness (QED) is 0.241. The number of nitrogens with zero attached hydrogens (tertiary/aromatic N) is 1. The van der Waals surface area contributed by atoms with Gasteiger partial charge in [0.1, 0.15) is 0 Å². The molecule has 7 nitrogen and oxygen atoms in total. The lowest BCUT2D eigenvalue weighted by molar-refractivity contribution is -0.120. The first-order valence-corrected chi connectivity index (χ1v) is 12.9. The number of carbonyl (C=O) groups excluding carboxylic acids is 2. The molecule has 4 rings (SSSR count). The van der Waals surface area contributed by atoms with E-state index in [9.17, 15) is 14.7 Å². The van der Waals surface area contributed by atoms with E-state index >= 15 is 0 Å². The highest BCUT2D eigenvalue weighted by Crippen LogP contribution is 2.37. The average Bonchev–Trinajstić information content (AvgIpc) is 3.37. The molecule has 38 heavy (non-hydrogen) atoms. The normalized spacial score (nSPS) is 18.0. The van der Waals surface area contributed by atoms with Gasteiger partial charge in [-0.3, -0.25) is 14.5 Å². The number of benzene rings is 3. The molecule has 1 fully saturated rings. The fourth-order valence-electron chi connectivity index (χ4n) is 4.58. The number of halogens is 1. The van der Waals surface area contributed by atoms with Gasteiger partial charge >= 0.3 is 0 Å². The number of nitrogens with two attached hydrogens (primary N) is 1. The number of amides is 2. The van der Waals surface area contributed by atoms with Crippen LogP contribution in [0, 0.1) is 5.92 Å². The lowest BCUT2D eigenvalue weighted by atomic mass is 9.88. The predicted molar refractivity (Wildman–Crippen MR) is 154 cm³/mol. The maximum Gasteiger partial charge on any atom is 0.248 e. The van der Waals surface area contributed by atoms with Gasteiger partial charge in [-0.2, -0.15) is 0 Å². The maximum atomic E-state index is 13.4. The van der Waals surface area contributed by atoms with Crippen LogP contribution < -0.4 is 16.4 Å². The number of aliphatic hydroxyl groups is 1. The van der Waals surface area contributed by atoms with Gasteiger partial charge in [-0.25, -0.2) is 0 Å². The van der Waals surface area contributed by atoms with Crippen molar-refractivity contribution in [2.75, 3.05) is 36.1 Å². The molecule has 5 N–H and O–H groups in total. The highest BCUT2D eigenvalue weighted by atomic mass is 35.5. The Morgan fingerprint density at radius 2 is 1.71 bits per heavy atom. The molecule has 0 unspecified atom stereocenters. The number of aliphatic hydroxyl groups excluding tert-OH is 1. The summed E-state index contributed by atoms with van der Waals surface area (Å²) in [4.78, 5) is 27.9. The number of rotatable bonds is 8. The number of likely N-dealkylation sites (tertiary alicyclic amines) is 1. The van der Waals surface area contributed by atoms with E-state index in [2.05, 4.69) is 15.5 Å². The fraction of sp³-hybridized carbons (Fsp3) is 0.267. The van der Waals surface area contributed by atoms with Crippen LogP contribution in [0.15, 0.2) is 78.9 Å². The Morgan fingerprint density at radius 3 is 2.37 bits per heavy atom. The van der Waals surface area contributed by atoms with E-state index in [-0.39, 0.29) is 30.3 Å². The first-order valence-electron chi connectivity index (χ1n) is 12.5. The summed E-state index contributed by atoms with van der Waals surface area (Å²) in [6.45, 7) is 5.12. The van der Waals surface area contributed by atoms with Crippen molar-refractivity contribution in [3.63, 3.8) is 0 Å². The van der Waals surface area contributed by atoms with E-state index < -0.39 is 5.54 Å². The number of para-hydroxylation sites is 2. The van der Waals surface area contributed by atoms with Crippen molar-refractivity contribution in [1.29, 1.82) is 0 Å². The predicted octanol–water partition coefficient (Wildman–Crippen LogP) is 5.00. The summed E-state index contributed by atoms with van der Waals surface area (Å²) in [6.07, 6.45) is 3.20. The maximum absolute atomic E-state index is 13.4. The minimum absolute atomic E-state index is 0.00826. The number of anilines is 3. The first kappa shape index (κ1) is 27.4. The van der Waals surface area contributed by atoms with Gasteiger partial charge < -0.3 is 21.5 Å². The van der Waals surface area contributed by atoms with Crippen LogP contribution in [0.5, 0.6) is 0 Å². The second-order valence-corrected chi connectivity index (χ2v) is 10.6. The Labute approximate surface area is 228 Å². The second kappa shape index (κ2) is 11.8. The lowest BCUT2D eigenvalue weighted by Crippen LogP contribution is -2.46. The summed E-state index contributed by atoms with van der Waals surface area (Å²) in [7, 11) is 0. The summed E-state index contributed by atoms with van der Waals surface area (Å²) < 4.78 is 0. The second-order valence-electron chi connectivity index (χ2n) is 10.2. The number of carbonyl (C=O) groups is 2. The molecule has 0 aliphatic carbocycles. The van der Waals surface area contributed by atoms with Crippen molar-refractivity contribution in [3.8, 4) is 0 Å². The van der Waals surface area contributed by atoms with Gasteiger partial charge in [-0.1, -0.05) is 48.0 Å². The van der Waals surface area contributed by atoms with Gasteiger partial charge in [0.2, 0.25) is 11.8 Å². The van der Waals surface area contributed by atoms with Crippen molar-refractivity contribution < 1.29 is 14.7 Å². The van der Waals surface area contributed by atoms with E-state index in [0.717, 1.165) is 11.1 Å². The van der Waals surface area contributed by atoms with Gasteiger partial charge in [-0.15, -0.1) is 0 Å². The fourth-order valence-corrected chi connectivity index (χ4v) is 4.71. The van der Waals surface area contributed by atoms with Crippen LogP contribution >= 0.6 is 11.6 Å². The molecule has 0 spiro atoms. The summed E-state index contributed by atoms with van der Waals surface area (Å²) >= 11 is 5.98. The molecule has 198 valence electrons. The molecule has 2 atom stereocenters. The lowest BCUT2D eigenvalue weighted by Gasteiger charge is -2.33. The largest absolute Gasteiger partial charge is 0.397 e. The van der Waals surface area contributed by atoms with Crippen LogP contribution in [0.3, 0.4) is 0 Å². The highest BCUT2D eigenvalue weighted by molar-refractivity contribution is 6.30. The van der Waals surface area contributed by atoms with Gasteiger partial charge in [0, 0.05) is 41.3 Å². The molecular weight excluding hydrogens is 500 g/mol. The van der Waals surface area contributed by atoms with Crippen LogP contribution in [-0.2, 0) is 9.59 Å². The van der Waals surface area contributed by atoms with Gasteiger partial charge in [0.05, 0.1) is 23.9 Å². The standard InChI is InChI=1S/C30H33ClN4O3/c1-30(2,19-36)35-17-24(25(18-35)29(38)33-23-14-12-22(31)13-15-23)21-10-7-20(8-11-21)9-16-28(37)34-27-6-4-3-5-26(27)32/h3-16,24-25,36H,17-19,32H2,1-2H3,(H,33,38)(H,34,37)/t24-,25+/m0/s1. The van der Waals surface area contributed by atoms with E-state index in [1.54, 1.807) is 42.5 Å². The molecule has 3 aromatic rings. The van der Waals surface area contributed by atoms with Crippen LogP contribution in [0.2, 0.25) is 5.02 Å². The minimum Gasteiger partial charge on any atom is -0.397 e. The van der Waals surface area contributed by atoms with Crippen molar-refractivity contribution in [1.82, 2.24) is 4.90 Å². The molecule has 3 aromatic carbocycles. The molecule has 2 amide bonds. The molecular formula is C30H33ClN4O3. The Kier molecular flexibility index (Phi) is 8.52. The molecule has 1 heterocycles. The molecule has 1 aliphatic heterocycles. The first-order chi connectivity index (χ1) is 18.2. The van der Waals surface area contributed by atoms with Crippen LogP contribution in [0.4, 0.5) is 17.1 Å². The number of nitrogens with one attached hydrogen (secondary N) is 2. The number of hydrogen-bond donors (Lipinski definition) is 4. The monoisotopic (exact) mass is 532 g/mol. The van der Waals surface area contributed by atoms with Crippen molar-refractivity contribution in [2.45, 2.75) is 25.3 Å². The van der Waals surface area contributed by atoms with Gasteiger partial charge in [-0.05, 0) is 67.4 Å². The molecule has 1 aliphatic rings. The zero-order chi connectivity index (χ0) is 27.3. The Bertz CT molecular complexity index is 1310. The SMILES string of the molecule is CC(C)(CO)N1C[C@@H](C(=O)Nc2ccc(Cl)cc2)[C@H](c2ccc(C=CC(=O)Nc3ccccc3N)cc2)C1. The molecule has 0 saturated carbocycles. The topological polar surface area (TPSA) is 108 Å². The summed E-state index contributed by atoms with van der Waals surface area (Å²) in [6, 6.07) is 22.0. The smallest absolute Gasteiger partial charge is 0.248 e. The van der Waals surface area contributed by atoms with E-state index in [0.29, 0.717) is 35.2 Å². The summed E-state index contributed by atoms with van der Waals surface area (Å²) in [5, 5.41) is 16.3. The Balaban J connectivity index is 1.48. The van der Waals surface area contributed by atoms with Crippen molar-refractivity contribution >= 4 is 46.6 Å². The zero-order valence-corrected chi connectivity index (χ0v) is 22.3. The van der Waals surface area contributed by atoms with Crippen LogP contribution in [0.1, 0.15) is 30.9 Å². The summed E-state index contributed by atoms with van der Waals surface area (Å²) in [5.41, 5.74) is 9.08.